The number of hydrogen-bond acceptors (Lipinski definition) is 3. The van der Waals surface area contributed by atoms with Crippen molar-refractivity contribution in [2.75, 3.05) is 6.61 Å². The maximum absolute atomic E-state index is 12.3. The van der Waals surface area contributed by atoms with Crippen molar-refractivity contribution in [2.45, 2.75) is 26.3 Å². The number of ether oxygens (including phenoxy) is 1. The van der Waals surface area contributed by atoms with E-state index in [2.05, 4.69) is 34.2 Å². The lowest BCUT2D eigenvalue weighted by molar-refractivity contribution is 0.0954. The van der Waals surface area contributed by atoms with Crippen LogP contribution >= 0.6 is 27.3 Å². The van der Waals surface area contributed by atoms with E-state index in [9.17, 15) is 4.79 Å². The fourth-order valence-electron chi connectivity index (χ4n) is 2.55. The van der Waals surface area contributed by atoms with Crippen molar-refractivity contribution in [3.05, 3.63) is 49.6 Å². The van der Waals surface area contributed by atoms with Crippen molar-refractivity contribution in [1.82, 2.24) is 5.32 Å². The molecule has 110 valence electrons. The molecule has 2 heterocycles. The lowest BCUT2D eigenvalue weighted by Gasteiger charge is -2.10. The summed E-state index contributed by atoms with van der Waals surface area (Å²) in [5.74, 6) is 0.925. The summed E-state index contributed by atoms with van der Waals surface area (Å²) in [5.41, 5.74) is 3.34. The van der Waals surface area contributed by atoms with Gasteiger partial charge in [0.25, 0.3) is 5.91 Å². The Morgan fingerprint density at radius 2 is 2.29 bits per heavy atom. The van der Waals surface area contributed by atoms with Crippen LogP contribution in [0.1, 0.15) is 33.3 Å². The molecule has 3 nitrogen and oxygen atoms in total. The molecule has 0 spiro atoms. The molecular formula is C16H16BrNO2S. The number of halogens is 1. The van der Waals surface area contributed by atoms with Gasteiger partial charge in [0, 0.05) is 23.0 Å². The lowest BCUT2D eigenvalue weighted by Crippen LogP contribution is -2.23. The summed E-state index contributed by atoms with van der Waals surface area (Å²) in [5, 5.41) is 4.97. The van der Waals surface area contributed by atoms with Gasteiger partial charge < -0.3 is 10.1 Å². The minimum atomic E-state index is -0.00595. The summed E-state index contributed by atoms with van der Waals surface area (Å²) in [6.07, 6.45) is 1.81. The molecule has 0 saturated heterocycles. The van der Waals surface area contributed by atoms with Gasteiger partial charge in [0.05, 0.1) is 11.5 Å². The lowest BCUT2D eigenvalue weighted by atomic mass is 10.1. The first kappa shape index (κ1) is 14.6. The van der Waals surface area contributed by atoms with E-state index in [1.165, 1.54) is 16.9 Å². The number of benzene rings is 1. The Morgan fingerprint density at radius 3 is 3.10 bits per heavy atom. The number of hydrogen-bond donors (Lipinski definition) is 1. The standard InChI is InChI=1S/C16H16BrNO2S/c1-2-10-4-6-21-15(10)16(19)18-9-12-8-13(17)7-11-3-5-20-14(11)12/h4,6-8H,2-3,5,9H2,1H3,(H,18,19). The zero-order valence-electron chi connectivity index (χ0n) is 11.7. The van der Waals surface area contributed by atoms with Crippen LogP contribution in [0, 0.1) is 0 Å². The second-order valence-electron chi connectivity index (χ2n) is 4.96. The van der Waals surface area contributed by atoms with Gasteiger partial charge in [0.1, 0.15) is 5.75 Å². The van der Waals surface area contributed by atoms with Crippen LogP contribution in [0.2, 0.25) is 0 Å². The van der Waals surface area contributed by atoms with E-state index in [0.717, 1.165) is 45.7 Å². The number of aryl methyl sites for hydroxylation is 1. The van der Waals surface area contributed by atoms with Crippen LogP contribution in [0.4, 0.5) is 0 Å². The predicted molar refractivity (Wildman–Crippen MR) is 88.2 cm³/mol. The van der Waals surface area contributed by atoms with Crippen LogP contribution in [0.25, 0.3) is 0 Å². The third-order valence-electron chi connectivity index (χ3n) is 3.60. The Labute approximate surface area is 136 Å². The molecular weight excluding hydrogens is 350 g/mol. The maximum Gasteiger partial charge on any atom is 0.261 e. The second kappa shape index (κ2) is 6.20. The van der Waals surface area contributed by atoms with Crippen LogP contribution in [0.15, 0.2) is 28.1 Å². The number of rotatable bonds is 4. The van der Waals surface area contributed by atoms with Gasteiger partial charge in [-0.2, -0.15) is 0 Å². The van der Waals surface area contributed by atoms with E-state index in [1.54, 1.807) is 0 Å². The third kappa shape index (κ3) is 2.99. The van der Waals surface area contributed by atoms with Crippen LogP contribution in [0.5, 0.6) is 5.75 Å². The summed E-state index contributed by atoms with van der Waals surface area (Å²) >= 11 is 5.01. The molecule has 5 heteroatoms. The van der Waals surface area contributed by atoms with E-state index in [0.29, 0.717) is 6.54 Å². The molecule has 1 amide bonds. The molecule has 1 N–H and O–H groups in total. The number of fused-ring (bicyclic) bond motifs is 1. The highest BCUT2D eigenvalue weighted by Crippen LogP contribution is 2.33. The average molecular weight is 366 g/mol. The molecule has 0 fully saturated rings. The molecule has 1 aromatic carbocycles. The summed E-state index contributed by atoms with van der Waals surface area (Å²) in [6.45, 7) is 3.27. The maximum atomic E-state index is 12.3. The largest absolute Gasteiger partial charge is 0.493 e. The highest BCUT2D eigenvalue weighted by molar-refractivity contribution is 9.10. The molecule has 0 bridgehead atoms. The molecule has 0 saturated carbocycles. The van der Waals surface area contributed by atoms with Gasteiger partial charge in [-0.3, -0.25) is 4.79 Å². The molecule has 0 radical (unpaired) electrons. The Morgan fingerprint density at radius 1 is 1.43 bits per heavy atom. The molecule has 2 aromatic rings. The molecule has 0 unspecified atom stereocenters. The van der Waals surface area contributed by atoms with Crippen molar-refractivity contribution < 1.29 is 9.53 Å². The van der Waals surface area contributed by atoms with Gasteiger partial charge in [-0.1, -0.05) is 22.9 Å². The molecule has 1 aliphatic heterocycles. The molecule has 3 rings (SSSR count). The minimum absolute atomic E-state index is 0.00595. The van der Waals surface area contributed by atoms with Gasteiger partial charge >= 0.3 is 0 Å². The topological polar surface area (TPSA) is 38.3 Å². The van der Waals surface area contributed by atoms with Crippen LogP contribution in [-0.2, 0) is 19.4 Å². The number of amides is 1. The van der Waals surface area contributed by atoms with E-state index in [-0.39, 0.29) is 5.91 Å². The number of carbonyl (C=O) groups excluding carboxylic acids is 1. The molecule has 21 heavy (non-hydrogen) atoms. The summed E-state index contributed by atoms with van der Waals surface area (Å²) < 4.78 is 6.71. The van der Waals surface area contributed by atoms with Gasteiger partial charge in [0.2, 0.25) is 0 Å². The molecule has 1 aliphatic rings. The van der Waals surface area contributed by atoms with Gasteiger partial charge in [-0.05, 0) is 41.1 Å². The van der Waals surface area contributed by atoms with E-state index < -0.39 is 0 Å². The van der Waals surface area contributed by atoms with E-state index in [1.807, 2.05) is 17.5 Å². The molecule has 0 atom stereocenters. The summed E-state index contributed by atoms with van der Waals surface area (Å²) in [4.78, 5) is 13.1. The number of carbonyl (C=O) groups is 1. The van der Waals surface area contributed by atoms with Gasteiger partial charge in [-0.25, -0.2) is 0 Å². The van der Waals surface area contributed by atoms with Crippen LogP contribution in [-0.4, -0.2) is 12.5 Å². The van der Waals surface area contributed by atoms with Crippen molar-refractivity contribution in [3.8, 4) is 5.75 Å². The Hall–Kier alpha value is -1.33. The summed E-state index contributed by atoms with van der Waals surface area (Å²) in [7, 11) is 0. The quantitative estimate of drug-likeness (QED) is 0.890. The smallest absolute Gasteiger partial charge is 0.261 e. The normalized spacial score (nSPS) is 12.9. The Kier molecular flexibility index (Phi) is 4.31. The van der Waals surface area contributed by atoms with E-state index in [4.69, 9.17) is 4.74 Å². The van der Waals surface area contributed by atoms with Crippen molar-refractivity contribution >= 4 is 33.2 Å². The number of thiophene rings is 1. The van der Waals surface area contributed by atoms with Crippen molar-refractivity contribution in [3.63, 3.8) is 0 Å². The average Bonchev–Trinajstić information content (AvgIpc) is 3.12. The molecule has 0 aliphatic carbocycles. The van der Waals surface area contributed by atoms with Crippen LogP contribution in [0.3, 0.4) is 0 Å². The van der Waals surface area contributed by atoms with Gasteiger partial charge in [-0.15, -0.1) is 11.3 Å². The van der Waals surface area contributed by atoms with Gasteiger partial charge in [0.15, 0.2) is 0 Å². The highest BCUT2D eigenvalue weighted by Gasteiger charge is 2.18. The Bertz CT molecular complexity index is 681. The predicted octanol–water partition coefficient (Wildman–Crippen LogP) is 3.94. The number of nitrogens with one attached hydrogen (secondary N) is 1. The first-order valence-corrected chi connectivity index (χ1v) is 8.65. The van der Waals surface area contributed by atoms with Crippen molar-refractivity contribution in [2.24, 2.45) is 0 Å². The minimum Gasteiger partial charge on any atom is -0.493 e. The monoisotopic (exact) mass is 365 g/mol. The fraction of sp³-hybridized carbons (Fsp3) is 0.312. The first-order chi connectivity index (χ1) is 10.2. The van der Waals surface area contributed by atoms with Crippen molar-refractivity contribution in [1.29, 1.82) is 0 Å². The van der Waals surface area contributed by atoms with Crippen LogP contribution < -0.4 is 10.1 Å². The second-order valence-corrected chi connectivity index (χ2v) is 6.79. The Balaban J connectivity index is 1.75. The first-order valence-electron chi connectivity index (χ1n) is 6.97. The summed E-state index contributed by atoms with van der Waals surface area (Å²) in [6, 6.07) is 6.11. The fourth-order valence-corrected chi connectivity index (χ4v) is 4.01. The zero-order chi connectivity index (χ0) is 14.8. The highest BCUT2D eigenvalue weighted by atomic mass is 79.9. The zero-order valence-corrected chi connectivity index (χ0v) is 14.1. The molecule has 1 aromatic heterocycles. The SMILES string of the molecule is CCc1ccsc1C(=O)NCc1cc(Br)cc2c1OCC2. The third-order valence-corrected chi connectivity index (χ3v) is 5.01. The van der Waals surface area contributed by atoms with E-state index >= 15 is 0 Å².